The summed E-state index contributed by atoms with van der Waals surface area (Å²) in [6.07, 6.45) is -0.329. The first-order valence-electron chi connectivity index (χ1n) is 7.36. The predicted molar refractivity (Wildman–Crippen MR) is 86.1 cm³/mol. The van der Waals surface area contributed by atoms with Crippen LogP contribution in [-0.2, 0) is 20.7 Å². The summed E-state index contributed by atoms with van der Waals surface area (Å²) in [7, 11) is 0. The van der Waals surface area contributed by atoms with E-state index >= 15 is 0 Å². The van der Waals surface area contributed by atoms with E-state index in [1.165, 1.54) is 37.3 Å². The lowest BCUT2D eigenvalue weighted by molar-refractivity contribution is -0.141. The van der Waals surface area contributed by atoms with Crippen molar-refractivity contribution in [3.63, 3.8) is 0 Å². The quantitative estimate of drug-likeness (QED) is 0.644. The normalized spacial score (nSPS) is 10.2. The van der Waals surface area contributed by atoms with Gasteiger partial charge in [-0.25, -0.2) is 8.78 Å². The van der Waals surface area contributed by atoms with Crippen LogP contribution in [0.1, 0.15) is 22.8 Å². The van der Waals surface area contributed by atoms with Gasteiger partial charge in [-0.2, -0.15) is 0 Å². The summed E-state index contributed by atoms with van der Waals surface area (Å²) in [4.78, 5) is 34.5. The SMILES string of the molecule is CC(=O)Nc1ccc(C(=O)COC(=O)Cc2ccccc2F)c(F)c1. The molecule has 0 heterocycles. The molecule has 0 aliphatic heterocycles. The Kier molecular flexibility index (Phi) is 5.94. The Morgan fingerprint density at radius 3 is 2.40 bits per heavy atom. The third-order valence-corrected chi connectivity index (χ3v) is 3.25. The zero-order valence-electron chi connectivity index (χ0n) is 13.3. The molecular weight excluding hydrogens is 332 g/mol. The van der Waals surface area contributed by atoms with Gasteiger partial charge in [-0.05, 0) is 29.8 Å². The molecule has 0 bridgehead atoms. The number of halogens is 2. The maximum absolute atomic E-state index is 13.9. The van der Waals surface area contributed by atoms with E-state index in [4.69, 9.17) is 4.74 Å². The van der Waals surface area contributed by atoms with Crippen LogP contribution in [0, 0.1) is 11.6 Å². The summed E-state index contributed by atoms with van der Waals surface area (Å²) < 4.78 is 32.1. The van der Waals surface area contributed by atoms with Crippen LogP contribution in [0.25, 0.3) is 0 Å². The number of esters is 1. The highest BCUT2D eigenvalue weighted by Crippen LogP contribution is 2.15. The van der Waals surface area contributed by atoms with Crippen LogP contribution < -0.4 is 5.32 Å². The van der Waals surface area contributed by atoms with E-state index < -0.39 is 30.0 Å². The average molecular weight is 347 g/mol. The van der Waals surface area contributed by atoms with Crippen molar-refractivity contribution in [3.8, 4) is 0 Å². The number of hydrogen-bond donors (Lipinski definition) is 1. The molecule has 0 saturated heterocycles. The molecule has 2 rings (SSSR count). The average Bonchev–Trinajstić information content (AvgIpc) is 2.54. The van der Waals surface area contributed by atoms with Crippen LogP contribution in [0.5, 0.6) is 0 Å². The first-order valence-corrected chi connectivity index (χ1v) is 7.36. The fraction of sp³-hybridized carbons (Fsp3) is 0.167. The number of carbonyl (C=O) groups excluding carboxylic acids is 3. The number of rotatable bonds is 6. The maximum Gasteiger partial charge on any atom is 0.310 e. The molecule has 7 heteroatoms. The molecule has 0 atom stereocenters. The predicted octanol–water partition coefficient (Wildman–Crippen LogP) is 2.89. The highest BCUT2D eigenvalue weighted by Gasteiger charge is 2.16. The van der Waals surface area contributed by atoms with Gasteiger partial charge in [0.25, 0.3) is 0 Å². The smallest absolute Gasteiger partial charge is 0.310 e. The standard InChI is InChI=1S/C18H15F2NO4/c1-11(22)21-13-6-7-14(16(20)9-13)17(23)10-25-18(24)8-12-4-2-3-5-15(12)19/h2-7,9H,8,10H2,1H3,(H,21,22). The molecule has 0 fully saturated rings. The van der Waals surface area contributed by atoms with Crippen LogP contribution in [0.15, 0.2) is 42.5 Å². The van der Waals surface area contributed by atoms with Gasteiger partial charge in [0.15, 0.2) is 6.61 Å². The number of Topliss-reactive ketones (excluding diaryl/α,β-unsaturated/α-hetero) is 1. The van der Waals surface area contributed by atoms with Crippen molar-refractivity contribution in [3.05, 3.63) is 65.2 Å². The summed E-state index contributed by atoms with van der Waals surface area (Å²) in [5.41, 5.74) is 0.0803. The minimum Gasteiger partial charge on any atom is -0.457 e. The second-order valence-electron chi connectivity index (χ2n) is 5.23. The van der Waals surface area contributed by atoms with Crippen molar-refractivity contribution >= 4 is 23.3 Å². The number of ether oxygens (including phenoxy) is 1. The lowest BCUT2D eigenvalue weighted by Gasteiger charge is -2.07. The van der Waals surface area contributed by atoms with E-state index in [0.717, 1.165) is 6.07 Å². The molecule has 2 aromatic carbocycles. The molecule has 0 spiro atoms. The zero-order valence-corrected chi connectivity index (χ0v) is 13.3. The number of ketones is 1. The van der Waals surface area contributed by atoms with Gasteiger partial charge in [-0.1, -0.05) is 18.2 Å². The fourth-order valence-corrected chi connectivity index (χ4v) is 2.09. The van der Waals surface area contributed by atoms with Crippen LogP contribution in [0.3, 0.4) is 0 Å². The van der Waals surface area contributed by atoms with E-state index in [2.05, 4.69) is 5.32 Å². The van der Waals surface area contributed by atoms with Gasteiger partial charge >= 0.3 is 5.97 Å². The topological polar surface area (TPSA) is 72.5 Å². The van der Waals surface area contributed by atoms with Crippen molar-refractivity contribution in [2.75, 3.05) is 11.9 Å². The van der Waals surface area contributed by atoms with Gasteiger partial charge in [0.1, 0.15) is 11.6 Å². The molecule has 130 valence electrons. The molecule has 0 unspecified atom stereocenters. The molecule has 5 nitrogen and oxygen atoms in total. The largest absolute Gasteiger partial charge is 0.457 e. The van der Waals surface area contributed by atoms with Crippen molar-refractivity contribution in [1.82, 2.24) is 0 Å². The third-order valence-electron chi connectivity index (χ3n) is 3.25. The number of carbonyl (C=O) groups is 3. The molecule has 0 saturated carbocycles. The fourth-order valence-electron chi connectivity index (χ4n) is 2.09. The Morgan fingerprint density at radius 2 is 1.76 bits per heavy atom. The van der Waals surface area contributed by atoms with Gasteiger partial charge < -0.3 is 10.1 Å². The zero-order chi connectivity index (χ0) is 18.4. The first kappa shape index (κ1) is 18.3. The minimum absolute atomic E-state index is 0.144. The molecule has 0 aliphatic rings. The highest BCUT2D eigenvalue weighted by atomic mass is 19.1. The molecular formula is C18H15F2NO4. The summed E-state index contributed by atoms with van der Waals surface area (Å²) in [5.74, 6) is -3.31. The van der Waals surface area contributed by atoms with Crippen LogP contribution in [0.4, 0.5) is 14.5 Å². The number of anilines is 1. The van der Waals surface area contributed by atoms with Gasteiger partial charge in [0, 0.05) is 12.6 Å². The van der Waals surface area contributed by atoms with Gasteiger partial charge in [-0.15, -0.1) is 0 Å². The van der Waals surface area contributed by atoms with E-state index in [1.807, 2.05) is 0 Å². The number of nitrogens with one attached hydrogen (secondary N) is 1. The van der Waals surface area contributed by atoms with Gasteiger partial charge in [0.05, 0.1) is 12.0 Å². The molecule has 2 aromatic rings. The molecule has 1 amide bonds. The molecule has 0 aliphatic carbocycles. The van der Waals surface area contributed by atoms with E-state index in [9.17, 15) is 23.2 Å². The molecule has 25 heavy (non-hydrogen) atoms. The van der Waals surface area contributed by atoms with Crippen molar-refractivity contribution in [2.24, 2.45) is 0 Å². The Morgan fingerprint density at radius 1 is 1.04 bits per heavy atom. The number of benzene rings is 2. The van der Waals surface area contributed by atoms with Crippen LogP contribution in [-0.4, -0.2) is 24.3 Å². The van der Waals surface area contributed by atoms with Gasteiger partial charge in [-0.3, -0.25) is 14.4 Å². The summed E-state index contributed by atoms with van der Waals surface area (Å²) in [6.45, 7) is 0.607. The molecule has 0 radical (unpaired) electrons. The van der Waals surface area contributed by atoms with Gasteiger partial charge in [0.2, 0.25) is 11.7 Å². The van der Waals surface area contributed by atoms with E-state index in [0.29, 0.717) is 0 Å². The summed E-state index contributed by atoms with van der Waals surface area (Å²) >= 11 is 0. The van der Waals surface area contributed by atoms with Crippen molar-refractivity contribution in [2.45, 2.75) is 13.3 Å². The minimum atomic E-state index is -0.846. The first-order chi connectivity index (χ1) is 11.9. The van der Waals surface area contributed by atoms with Crippen molar-refractivity contribution < 1.29 is 27.9 Å². The third kappa shape index (κ3) is 5.20. The lowest BCUT2D eigenvalue weighted by Crippen LogP contribution is -2.17. The Labute approximate surface area is 142 Å². The second kappa shape index (κ2) is 8.14. The monoisotopic (exact) mass is 347 g/mol. The number of hydrogen-bond acceptors (Lipinski definition) is 4. The van der Waals surface area contributed by atoms with E-state index in [1.54, 1.807) is 6.07 Å². The molecule has 0 aromatic heterocycles. The van der Waals surface area contributed by atoms with Crippen LogP contribution >= 0.6 is 0 Å². The summed E-state index contributed by atoms with van der Waals surface area (Å²) in [5, 5.41) is 2.38. The van der Waals surface area contributed by atoms with E-state index in [-0.39, 0.29) is 29.1 Å². The Bertz CT molecular complexity index is 820. The Balaban J connectivity index is 1.94. The van der Waals surface area contributed by atoms with Crippen molar-refractivity contribution in [1.29, 1.82) is 0 Å². The van der Waals surface area contributed by atoms with Crippen LogP contribution in [0.2, 0.25) is 0 Å². The maximum atomic E-state index is 13.9. The second-order valence-corrected chi connectivity index (χ2v) is 5.23. The lowest BCUT2D eigenvalue weighted by atomic mass is 10.1. The Hall–Kier alpha value is -3.09. The highest BCUT2D eigenvalue weighted by molar-refractivity contribution is 5.99. The summed E-state index contributed by atoms with van der Waals surface area (Å²) in [6, 6.07) is 9.24. The number of amides is 1. The molecule has 1 N–H and O–H groups in total.